The number of sulfonamides is 1. The van der Waals surface area contributed by atoms with Crippen LogP contribution in [-0.4, -0.2) is 72.3 Å². The zero-order valence-corrected chi connectivity index (χ0v) is 23.5. The first-order valence-electron chi connectivity index (χ1n) is 11.8. The van der Waals surface area contributed by atoms with Crippen LogP contribution < -0.4 is 13.5 Å². The minimum absolute atomic E-state index is 0.0303. The number of methoxy groups -OCH3 is 3. The number of esters is 1. The number of para-hydroxylation sites is 1. The molecule has 0 spiro atoms. The summed E-state index contributed by atoms with van der Waals surface area (Å²) in [5.74, 6) is -0.584. The van der Waals surface area contributed by atoms with Crippen LogP contribution in [0.25, 0.3) is 0 Å². The predicted octanol–water partition coefficient (Wildman–Crippen LogP) is 2.68. The third-order valence-corrected chi connectivity index (χ3v) is 11.5. The summed E-state index contributed by atoms with van der Waals surface area (Å²) in [5.41, 5.74) is 1.19. The zero-order chi connectivity index (χ0) is 27.1. The molecule has 0 N–H and O–H groups in total. The Labute approximate surface area is 227 Å². The summed E-state index contributed by atoms with van der Waals surface area (Å²) in [5, 5.41) is 0. The van der Waals surface area contributed by atoms with Gasteiger partial charge in [-0.25, -0.2) is 0 Å². The Morgan fingerprint density at radius 3 is 2.18 bits per heavy atom. The molecule has 9 nitrogen and oxygen atoms in total. The minimum atomic E-state index is -4.18. The van der Waals surface area contributed by atoms with E-state index in [0.29, 0.717) is 11.4 Å². The van der Waals surface area contributed by atoms with E-state index in [4.69, 9.17) is 14.2 Å². The molecule has 2 aliphatic heterocycles. The molecule has 5 rings (SSSR count). The summed E-state index contributed by atoms with van der Waals surface area (Å²) in [7, 11) is -0.188. The SMILES string of the molecule is COC(=O)N1[C@@H]2[C@H](C[C@@]1([Se]c1ccccc1)C(=O)OC)c1ccccc1N2S(=O)(=O)c1ccc(OC)cc1. The zero-order valence-electron chi connectivity index (χ0n) is 20.9. The van der Waals surface area contributed by atoms with Crippen molar-refractivity contribution in [3.8, 4) is 5.75 Å². The van der Waals surface area contributed by atoms with Crippen molar-refractivity contribution in [2.75, 3.05) is 25.6 Å². The average molecular weight is 602 g/mol. The molecular weight excluding hydrogens is 575 g/mol. The number of hydrogen-bond acceptors (Lipinski definition) is 7. The molecule has 198 valence electrons. The molecule has 1 fully saturated rings. The molecule has 0 aliphatic carbocycles. The number of carbonyl (C=O) groups excluding carboxylic acids is 2. The summed E-state index contributed by atoms with van der Waals surface area (Å²) >= 11 is -0.635. The van der Waals surface area contributed by atoms with Gasteiger partial charge in [0, 0.05) is 0 Å². The van der Waals surface area contributed by atoms with Crippen molar-refractivity contribution in [2.45, 2.75) is 27.8 Å². The van der Waals surface area contributed by atoms with E-state index in [1.54, 1.807) is 24.3 Å². The molecule has 3 aromatic rings. The summed E-state index contributed by atoms with van der Waals surface area (Å²) in [4.78, 5) is 28.4. The Morgan fingerprint density at radius 2 is 1.55 bits per heavy atom. The van der Waals surface area contributed by atoms with E-state index in [-0.39, 0.29) is 11.3 Å². The number of carbonyl (C=O) groups is 2. The molecule has 3 aromatic carbocycles. The number of fused-ring (bicyclic) bond motifs is 3. The van der Waals surface area contributed by atoms with Gasteiger partial charge in [0.15, 0.2) is 0 Å². The van der Waals surface area contributed by atoms with Crippen LogP contribution in [-0.2, 0) is 24.3 Å². The number of hydrogen-bond donors (Lipinski definition) is 0. The Balaban J connectivity index is 1.71. The van der Waals surface area contributed by atoms with E-state index in [2.05, 4.69) is 0 Å². The maximum atomic E-state index is 14.2. The number of likely N-dealkylation sites (tertiary alicyclic amines) is 1. The fourth-order valence-corrected chi connectivity index (χ4v) is 9.80. The second kappa shape index (κ2) is 9.98. The Hall–Kier alpha value is -3.53. The first-order chi connectivity index (χ1) is 18.3. The van der Waals surface area contributed by atoms with Gasteiger partial charge in [0.05, 0.1) is 0 Å². The van der Waals surface area contributed by atoms with Crippen molar-refractivity contribution in [3.63, 3.8) is 0 Å². The molecule has 3 atom stereocenters. The average Bonchev–Trinajstić information content (AvgIpc) is 3.44. The van der Waals surface area contributed by atoms with Gasteiger partial charge in [0.25, 0.3) is 0 Å². The van der Waals surface area contributed by atoms with Gasteiger partial charge >= 0.3 is 228 Å². The fraction of sp³-hybridized carbons (Fsp3) is 0.259. The molecular formula is C27H26N2O7SSe. The van der Waals surface area contributed by atoms with Gasteiger partial charge in [-0.3, -0.25) is 0 Å². The van der Waals surface area contributed by atoms with Crippen molar-refractivity contribution in [1.82, 2.24) is 4.90 Å². The number of nitrogens with zero attached hydrogens (tertiary/aromatic N) is 2. The van der Waals surface area contributed by atoms with E-state index in [1.807, 2.05) is 42.5 Å². The van der Waals surface area contributed by atoms with Crippen LogP contribution in [0.4, 0.5) is 10.5 Å². The second-order valence-electron chi connectivity index (χ2n) is 8.79. The Bertz CT molecular complexity index is 1470. The third-order valence-electron chi connectivity index (χ3n) is 6.85. The van der Waals surface area contributed by atoms with E-state index in [1.165, 1.54) is 42.7 Å². The number of amides is 1. The Kier molecular flexibility index (Phi) is 6.85. The van der Waals surface area contributed by atoms with Crippen LogP contribution in [0.3, 0.4) is 0 Å². The van der Waals surface area contributed by atoms with Gasteiger partial charge in [-0.05, 0) is 0 Å². The quantitative estimate of drug-likeness (QED) is 0.316. The molecule has 0 aromatic heterocycles. The molecule has 2 heterocycles. The molecule has 0 unspecified atom stereocenters. The summed E-state index contributed by atoms with van der Waals surface area (Å²) in [6, 6.07) is 22.5. The van der Waals surface area contributed by atoms with Gasteiger partial charge in [-0.1, -0.05) is 0 Å². The maximum absolute atomic E-state index is 14.2. The molecule has 1 amide bonds. The molecule has 0 saturated carbocycles. The molecule has 38 heavy (non-hydrogen) atoms. The van der Waals surface area contributed by atoms with Crippen molar-refractivity contribution in [3.05, 3.63) is 84.4 Å². The van der Waals surface area contributed by atoms with Crippen molar-refractivity contribution < 1.29 is 32.2 Å². The van der Waals surface area contributed by atoms with Gasteiger partial charge in [-0.2, -0.15) is 0 Å². The van der Waals surface area contributed by atoms with Crippen LogP contribution in [0.15, 0.2) is 83.8 Å². The molecule has 1 saturated heterocycles. The molecule has 0 bridgehead atoms. The van der Waals surface area contributed by atoms with Crippen molar-refractivity contribution >= 4 is 47.2 Å². The normalized spacial score (nSPS) is 22.0. The summed E-state index contributed by atoms with van der Waals surface area (Å²) in [6.07, 6.45) is -1.65. The van der Waals surface area contributed by atoms with Crippen LogP contribution in [0.1, 0.15) is 17.9 Å². The first kappa shape index (κ1) is 26.1. The molecule has 0 radical (unpaired) electrons. The van der Waals surface area contributed by atoms with Crippen molar-refractivity contribution in [1.29, 1.82) is 0 Å². The summed E-state index contributed by atoms with van der Waals surface area (Å²) < 4.78 is 44.7. The monoisotopic (exact) mass is 602 g/mol. The molecule has 11 heteroatoms. The van der Waals surface area contributed by atoms with E-state index in [9.17, 15) is 18.0 Å². The molecule has 2 aliphatic rings. The number of rotatable bonds is 6. The van der Waals surface area contributed by atoms with Gasteiger partial charge in [0.2, 0.25) is 0 Å². The van der Waals surface area contributed by atoms with Gasteiger partial charge in [0.1, 0.15) is 0 Å². The van der Waals surface area contributed by atoms with Crippen LogP contribution >= 0.6 is 0 Å². The number of anilines is 1. The first-order valence-corrected chi connectivity index (χ1v) is 14.9. The van der Waals surface area contributed by atoms with Crippen LogP contribution in [0, 0.1) is 0 Å². The Morgan fingerprint density at radius 1 is 0.895 bits per heavy atom. The number of benzene rings is 3. The second-order valence-corrected chi connectivity index (χ2v) is 13.4. The fourth-order valence-electron chi connectivity index (χ4n) is 5.22. The van der Waals surface area contributed by atoms with E-state index in [0.717, 1.165) is 10.0 Å². The third kappa shape index (κ3) is 4.02. The standard InChI is InChI=1S/C27H26N2O7SSe/c1-34-18-13-15-19(16-14-18)37(32,33)29-23-12-8-7-11-21(23)22-17-27(25(30)35-2,28(24(22)29)26(31)36-3)38-20-9-5-4-6-10-20/h4-16,22,24H,17H2,1-3H3/t22-,24+,27-/m1/s1. The topological polar surface area (TPSA) is 102 Å². The van der Waals surface area contributed by atoms with Crippen molar-refractivity contribution in [2.24, 2.45) is 0 Å². The van der Waals surface area contributed by atoms with E-state index < -0.39 is 53.6 Å². The van der Waals surface area contributed by atoms with Crippen LogP contribution in [0.5, 0.6) is 5.75 Å². The predicted molar refractivity (Wildman–Crippen MR) is 141 cm³/mol. The van der Waals surface area contributed by atoms with Crippen LogP contribution in [0.2, 0.25) is 0 Å². The number of ether oxygens (including phenoxy) is 3. The van der Waals surface area contributed by atoms with E-state index >= 15 is 0 Å². The summed E-state index contributed by atoms with van der Waals surface area (Å²) in [6.45, 7) is 0. The van der Waals surface area contributed by atoms with Gasteiger partial charge < -0.3 is 0 Å². The van der Waals surface area contributed by atoms with Gasteiger partial charge in [-0.15, -0.1) is 0 Å².